The van der Waals surface area contributed by atoms with Gasteiger partial charge in [-0.15, -0.1) is 0 Å². The topological polar surface area (TPSA) is 66.8 Å². The molecule has 0 saturated heterocycles. The van der Waals surface area contributed by atoms with E-state index in [0.717, 1.165) is 5.56 Å². The van der Waals surface area contributed by atoms with Gasteiger partial charge in [0.05, 0.1) is 0 Å². The molecule has 29 heavy (non-hydrogen) atoms. The molecule has 1 aromatic heterocycles. The number of aromatic nitrogens is 1. The molecule has 5 aliphatic rings. The molecule has 1 spiro atoms. The lowest BCUT2D eigenvalue weighted by Crippen LogP contribution is -2.51. The van der Waals surface area contributed by atoms with Crippen LogP contribution in [0.5, 0.6) is 0 Å². The number of benzene rings is 1. The van der Waals surface area contributed by atoms with E-state index in [0.29, 0.717) is 11.8 Å². The Labute approximate surface area is 173 Å². The van der Waals surface area contributed by atoms with Crippen LogP contribution in [0.2, 0.25) is 0 Å². The summed E-state index contributed by atoms with van der Waals surface area (Å²) in [6, 6.07) is 6.91. The fraction of sp³-hybridized carbons (Fsp3) is 0.560. The zero-order valence-corrected chi connectivity index (χ0v) is 17.6. The van der Waals surface area contributed by atoms with Crippen LogP contribution in [-0.2, 0) is 11.1 Å². The maximum atomic E-state index is 8.21. The second-order valence-corrected chi connectivity index (χ2v) is 10.2. The Morgan fingerprint density at radius 1 is 1.17 bits per heavy atom. The number of nitrogen functional groups attached to an aromatic ring is 1. The molecule has 4 bridgehead atoms. The van der Waals surface area contributed by atoms with Gasteiger partial charge in [0, 0.05) is 40.1 Å². The Morgan fingerprint density at radius 2 is 1.97 bits per heavy atom. The van der Waals surface area contributed by atoms with E-state index >= 15 is 0 Å². The van der Waals surface area contributed by atoms with Crippen LogP contribution in [0.15, 0.2) is 24.4 Å². The lowest BCUT2D eigenvalue weighted by Gasteiger charge is -2.43. The molecule has 0 radical (unpaired) electrons. The number of nitrogens with one attached hydrogen (secondary N) is 2. The van der Waals surface area contributed by atoms with E-state index in [-0.39, 0.29) is 16.9 Å². The van der Waals surface area contributed by atoms with Crippen molar-refractivity contribution < 1.29 is 0 Å². The van der Waals surface area contributed by atoms with Gasteiger partial charge in [-0.1, -0.05) is 25.7 Å². The highest BCUT2D eigenvalue weighted by Crippen LogP contribution is 2.59. The molecule has 4 N–H and O–H groups in total. The quantitative estimate of drug-likeness (QED) is 0.478. The second-order valence-electron chi connectivity index (χ2n) is 10.2. The standard InChI is InChI=1S/C25H32N4/c1-15-13-16-14-20-21(15)24(2,28-25(20)10-4-3-5-11-25)19-8-6-7-17(19)22-18(23(26)27)9-12-29(16)22/h9,12-14,17,19,28H,3-8,10-11H2,1-2H3,(H3,26,27). The molecule has 3 atom stereocenters. The van der Waals surface area contributed by atoms with E-state index in [9.17, 15) is 0 Å². The Balaban J connectivity index is 1.69. The highest BCUT2D eigenvalue weighted by Gasteiger charge is 2.56. The number of fused-ring (bicyclic) bond motifs is 1. The van der Waals surface area contributed by atoms with Crippen molar-refractivity contribution in [3.8, 4) is 5.69 Å². The van der Waals surface area contributed by atoms with E-state index in [1.165, 1.54) is 68.3 Å². The van der Waals surface area contributed by atoms with Gasteiger partial charge >= 0.3 is 0 Å². The average Bonchev–Trinajstić information content (AvgIpc) is 3.38. The molecule has 0 amide bonds. The molecule has 4 heterocycles. The summed E-state index contributed by atoms with van der Waals surface area (Å²) in [6.07, 6.45) is 12.4. The predicted molar refractivity (Wildman–Crippen MR) is 117 cm³/mol. The number of nitrogens with zero attached hydrogens (tertiary/aromatic N) is 1. The largest absolute Gasteiger partial charge is 0.384 e. The van der Waals surface area contributed by atoms with Crippen LogP contribution in [0.4, 0.5) is 0 Å². The van der Waals surface area contributed by atoms with Crippen molar-refractivity contribution in [3.63, 3.8) is 0 Å². The highest BCUT2D eigenvalue weighted by atomic mass is 15.1. The number of hydrogen-bond acceptors (Lipinski definition) is 2. The summed E-state index contributed by atoms with van der Waals surface area (Å²) in [5.74, 6) is 1.18. The van der Waals surface area contributed by atoms with Crippen LogP contribution in [0.1, 0.15) is 92.2 Å². The fourth-order valence-corrected chi connectivity index (χ4v) is 7.68. The summed E-state index contributed by atoms with van der Waals surface area (Å²) in [4.78, 5) is 0. The zero-order valence-electron chi connectivity index (χ0n) is 17.6. The normalized spacial score (nSPS) is 31.2. The highest BCUT2D eigenvalue weighted by molar-refractivity contribution is 5.96. The van der Waals surface area contributed by atoms with Gasteiger partial charge in [-0.3, -0.25) is 10.7 Å². The Hall–Kier alpha value is -2.07. The molecule has 2 saturated carbocycles. The van der Waals surface area contributed by atoms with Gasteiger partial charge in [-0.2, -0.15) is 0 Å². The molecular formula is C25H32N4. The number of aryl methyl sites for hydroxylation is 1. The third kappa shape index (κ3) is 2.16. The molecule has 4 nitrogen and oxygen atoms in total. The summed E-state index contributed by atoms with van der Waals surface area (Å²) >= 11 is 0. The van der Waals surface area contributed by atoms with E-state index < -0.39 is 0 Å². The molecule has 3 unspecified atom stereocenters. The van der Waals surface area contributed by atoms with Crippen LogP contribution >= 0.6 is 0 Å². The van der Waals surface area contributed by atoms with Gasteiger partial charge in [0.25, 0.3) is 0 Å². The van der Waals surface area contributed by atoms with Gasteiger partial charge in [-0.25, -0.2) is 0 Å². The maximum absolute atomic E-state index is 8.21. The molecule has 7 rings (SSSR count). The van der Waals surface area contributed by atoms with Crippen LogP contribution in [0.25, 0.3) is 5.69 Å². The average molecular weight is 389 g/mol. The molecule has 2 aliphatic carbocycles. The van der Waals surface area contributed by atoms with Crippen molar-refractivity contribution in [1.29, 1.82) is 5.41 Å². The van der Waals surface area contributed by atoms with E-state index in [4.69, 9.17) is 11.1 Å². The third-order valence-corrected chi connectivity index (χ3v) is 8.66. The Kier molecular flexibility index (Phi) is 3.52. The minimum Gasteiger partial charge on any atom is -0.384 e. The first-order valence-corrected chi connectivity index (χ1v) is 11.5. The van der Waals surface area contributed by atoms with E-state index in [2.05, 4.69) is 48.1 Å². The Morgan fingerprint density at radius 3 is 2.72 bits per heavy atom. The van der Waals surface area contributed by atoms with Crippen molar-refractivity contribution in [2.45, 2.75) is 82.2 Å². The molecule has 2 aromatic rings. The summed E-state index contributed by atoms with van der Waals surface area (Å²) in [5, 5.41) is 12.5. The van der Waals surface area contributed by atoms with Gasteiger partial charge in [0.2, 0.25) is 0 Å². The van der Waals surface area contributed by atoms with Crippen LogP contribution in [-0.4, -0.2) is 10.4 Å². The summed E-state index contributed by atoms with van der Waals surface area (Å²) < 4.78 is 2.37. The van der Waals surface area contributed by atoms with Crippen molar-refractivity contribution in [3.05, 3.63) is 52.3 Å². The lowest BCUT2D eigenvalue weighted by atomic mass is 9.72. The summed E-state index contributed by atoms with van der Waals surface area (Å²) in [7, 11) is 0. The van der Waals surface area contributed by atoms with Crippen LogP contribution in [0.3, 0.4) is 0 Å². The van der Waals surface area contributed by atoms with Crippen LogP contribution < -0.4 is 11.1 Å². The first kappa shape index (κ1) is 17.8. The first-order chi connectivity index (χ1) is 13.9. The van der Waals surface area contributed by atoms with Crippen molar-refractivity contribution in [2.75, 3.05) is 0 Å². The second kappa shape index (κ2) is 5.75. The number of rotatable bonds is 1. The monoisotopic (exact) mass is 388 g/mol. The molecule has 1 aromatic carbocycles. The molecule has 152 valence electrons. The van der Waals surface area contributed by atoms with Crippen molar-refractivity contribution in [2.24, 2.45) is 11.7 Å². The van der Waals surface area contributed by atoms with E-state index in [1.54, 1.807) is 11.1 Å². The Bertz CT molecular complexity index is 1030. The van der Waals surface area contributed by atoms with E-state index in [1.807, 2.05) is 0 Å². The molecular weight excluding hydrogens is 356 g/mol. The smallest absolute Gasteiger partial charge is 0.124 e. The predicted octanol–water partition coefficient (Wildman–Crippen LogP) is 4.94. The third-order valence-electron chi connectivity index (χ3n) is 8.66. The zero-order chi connectivity index (χ0) is 20.0. The SMILES string of the molecule is Cc1cc2cc3c1C(C)(NC31CCCCC1)C1CCCC1c1c(C(=N)N)ccn1-2. The number of amidine groups is 1. The summed E-state index contributed by atoms with van der Waals surface area (Å²) in [5.41, 5.74) is 14.2. The van der Waals surface area contributed by atoms with Gasteiger partial charge in [0.1, 0.15) is 5.84 Å². The lowest BCUT2D eigenvalue weighted by molar-refractivity contribution is 0.140. The van der Waals surface area contributed by atoms with Crippen LogP contribution in [0, 0.1) is 18.3 Å². The van der Waals surface area contributed by atoms with Gasteiger partial charge in [-0.05, 0) is 80.3 Å². The van der Waals surface area contributed by atoms with Gasteiger partial charge < -0.3 is 10.3 Å². The minimum atomic E-state index is -0.00997. The minimum absolute atomic E-state index is 0.00997. The molecule has 2 fully saturated rings. The number of nitrogens with two attached hydrogens (primary N) is 1. The van der Waals surface area contributed by atoms with Crippen molar-refractivity contribution >= 4 is 5.84 Å². The van der Waals surface area contributed by atoms with Crippen molar-refractivity contribution in [1.82, 2.24) is 9.88 Å². The maximum Gasteiger partial charge on any atom is 0.124 e. The van der Waals surface area contributed by atoms with Gasteiger partial charge in [0.15, 0.2) is 0 Å². The first-order valence-electron chi connectivity index (χ1n) is 11.5. The summed E-state index contributed by atoms with van der Waals surface area (Å²) in [6.45, 7) is 4.80. The number of hydrogen-bond donors (Lipinski definition) is 3. The fourth-order valence-electron chi connectivity index (χ4n) is 7.68. The molecule has 4 heteroatoms. The molecule has 3 aliphatic heterocycles.